The second-order valence-electron chi connectivity index (χ2n) is 23.8. The van der Waals surface area contributed by atoms with Gasteiger partial charge in [0, 0.05) is 5.41 Å². The molecule has 2 N–H and O–H groups in total. The number of rotatable bonds is 28. The van der Waals surface area contributed by atoms with E-state index in [9.17, 15) is 10.2 Å². The lowest BCUT2D eigenvalue weighted by molar-refractivity contribution is -0.0842. The summed E-state index contributed by atoms with van der Waals surface area (Å²) in [4.78, 5) is 0. The zero-order valence-corrected chi connectivity index (χ0v) is 51.4. The Balaban J connectivity index is 0.788. The maximum Gasteiger partial charge on any atom is 0.125 e. The van der Waals surface area contributed by atoms with Gasteiger partial charge in [0.1, 0.15) is 73.8 Å². The van der Waals surface area contributed by atoms with Crippen LogP contribution in [0.2, 0.25) is 0 Å². The number of aliphatic hydroxyl groups excluding tert-OH is 2. The maximum atomic E-state index is 11.3. The Hall–Kier alpha value is -6.50. The monoisotopic (exact) mass is 1120 g/mol. The molecule has 0 amide bonds. The Kier molecular flexibility index (Phi) is 19.3. The Labute approximate surface area is 494 Å². The summed E-state index contributed by atoms with van der Waals surface area (Å²) in [7, 11) is 0. The molecule has 7 aromatic carbocycles. The van der Waals surface area contributed by atoms with Crippen LogP contribution in [-0.2, 0) is 35.6 Å². The minimum Gasteiger partial charge on any atom is -0.491 e. The molecule has 0 aromatic heterocycles. The van der Waals surface area contributed by atoms with E-state index in [1.54, 1.807) is 0 Å². The lowest BCUT2D eigenvalue weighted by atomic mass is 9.71. The molecule has 0 bridgehead atoms. The van der Waals surface area contributed by atoms with E-state index in [2.05, 4.69) is 187 Å². The van der Waals surface area contributed by atoms with Gasteiger partial charge in [-0.1, -0.05) is 99.6 Å². The van der Waals surface area contributed by atoms with Crippen LogP contribution in [0.3, 0.4) is 0 Å². The van der Waals surface area contributed by atoms with Crippen LogP contribution in [0.25, 0.3) is 22.3 Å². The molecule has 6 unspecified atom stereocenters. The van der Waals surface area contributed by atoms with E-state index >= 15 is 0 Å². The van der Waals surface area contributed by atoms with Gasteiger partial charge in [-0.25, -0.2) is 0 Å². The molecule has 83 heavy (non-hydrogen) atoms. The maximum absolute atomic E-state index is 11.3. The Morgan fingerprint density at radius 1 is 0.434 bits per heavy atom. The molecule has 10 nitrogen and oxygen atoms in total. The molecule has 0 radical (unpaired) electrons. The van der Waals surface area contributed by atoms with Crippen LogP contribution in [0.1, 0.15) is 126 Å². The number of aliphatic hydroxyl groups is 2. The van der Waals surface area contributed by atoms with Crippen LogP contribution in [0.4, 0.5) is 0 Å². The summed E-state index contributed by atoms with van der Waals surface area (Å²) in [6.07, 6.45) is 1.23. The number of epoxide rings is 2. The van der Waals surface area contributed by atoms with Gasteiger partial charge >= 0.3 is 0 Å². The summed E-state index contributed by atoms with van der Waals surface area (Å²) in [5.74, 6) is 3.01. The van der Waals surface area contributed by atoms with E-state index in [1.165, 1.54) is 16.7 Å². The lowest BCUT2D eigenvalue weighted by Crippen LogP contribution is -2.33. The Bertz CT molecular complexity index is 3230. The number of aryl methyl sites for hydroxylation is 8. The largest absolute Gasteiger partial charge is 0.491 e. The molecule has 0 spiro atoms. The van der Waals surface area contributed by atoms with Gasteiger partial charge in [-0.3, -0.25) is 0 Å². The molecule has 2 saturated heterocycles. The minimum atomic E-state index is -0.854. The van der Waals surface area contributed by atoms with Crippen molar-refractivity contribution < 1.29 is 48.1 Å². The first-order chi connectivity index (χ1) is 39.8. The highest BCUT2D eigenvalue weighted by molar-refractivity contribution is 5.71. The summed E-state index contributed by atoms with van der Waals surface area (Å²) < 4.78 is 48.8. The molecule has 2 fully saturated rings. The van der Waals surface area contributed by atoms with Crippen molar-refractivity contribution in [3.63, 3.8) is 0 Å². The molecular formula is C73H88O10. The van der Waals surface area contributed by atoms with E-state index in [0.29, 0.717) is 24.7 Å². The first kappa shape index (κ1) is 61.1. The average molecular weight is 1130 g/mol. The summed E-state index contributed by atoms with van der Waals surface area (Å²) in [6.45, 7) is 31.0. The van der Waals surface area contributed by atoms with Crippen molar-refractivity contribution in [2.24, 2.45) is 0 Å². The summed E-state index contributed by atoms with van der Waals surface area (Å²) >= 11 is 0. The number of ether oxygens (including phenoxy) is 8. The number of benzene rings is 7. The van der Waals surface area contributed by atoms with Gasteiger partial charge in [0.2, 0.25) is 0 Å². The fourth-order valence-electron chi connectivity index (χ4n) is 12.5. The quantitative estimate of drug-likeness (QED) is 0.0362. The molecular weight excluding hydrogens is 1040 g/mol. The van der Waals surface area contributed by atoms with Crippen LogP contribution in [-0.4, -0.2) is 87.5 Å². The van der Waals surface area contributed by atoms with E-state index < -0.39 is 23.2 Å². The zero-order chi connectivity index (χ0) is 59.2. The summed E-state index contributed by atoms with van der Waals surface area (Å²) in [5, 5.41) is 22.4. The Morgan fingerprint density at radius 2 is 0.807 bits per heavy atom. The van der Waals surface area contributed by atoms with Gasteiger partial charge in [0.05, 0.1) is 37.6 Å². The second kappa shape index (κ2) is 26.2. The molecule has 10 heteroatoms. The highest BCUT2D eigenvalue weighted by Gasteiger charge is 2.37. The zero-order valence-electron chi connectivity index (χ0n) is 51.4. The van der Waals surface area contributed by atoms with E-state index in [0.717, 1.165) is 122 Å². The molecule has 0 saturated carbocycles. The average Bonchev–Trinajstić information content (AvgIpc) is 4.26. The third-order valence-corrected chi connectivity index (χ3v) is 17.3. The van der Waals surface area contributed by atoms with Crippen LogP contribution in [0.5, 0.6) is 23.0 Å². The molecule has 7 aromatic rings. The van der Waals surface area contributed by atoms with Crippen LogP contribution in [0, 0.1) is 55.4 Å². The van der Waals surface area contributed by atoms with Crippen LogP contribution < -0.4 is 18.9 Å². The molecule has 9 rings (SSSR count). The van der Waals surface area contributed by atoms with E-state index in [4.69, 9.17) is 37.9 Å². The standard InChI is InChI=1S/C73H88O10/c1-14-71(12,67-46(4)30-54(31-47(67)5)56-36-52(10)70(53(11)37-56)81-44-65-42-78-65)82-41-62(75)39-77-64-28-24-60(25-29-64)72(13,58-20-18-17-19-21-58)59-22-26-63(27-23-59)76-38-61(74)40-80-69-50(8)34-57(35-51(69)9)55-32-48(6)68(49(7)33-55)73(15-2,16-3)83-45-66-43-79-66/h17-37,61-62,65-66,74-75H,14-16,38-45H2,1-13H3. The van der Waals surface area contributed by atoms with Crippen LogP contribution in [0.15, 0.2) is 127 Å². The molecule has 2 heterocycles. The van der Waals surface area contributed by atoms with Crippen molar-refractivity contribution in [2.75, 3.05) is 52.9 Å². The molecule has 0 aliphatic carbocycles. The Morgan fingerprint density at radius 3 is 1.23 bits per heavy atom. The topological polar surface area (TPSA) is 121 Å². The predicted molar refractivity (Wildman–Crippen MR) is 332 cm³/mol. The smallest absolute Gasteiger partial charge is 0.125 e. The van der Waals surface area contributed by atoms with Crippen molar-refractivity contribution in [1.29, 1.82) is 0 Å². The SMILES string of the molecule is CCC(C)(OCC(O)COc1ccc(C(C)(c2ccccc2)c2ccc(OCC(O)COc3c(C)cc(-c4cc(C)c(C(CC)(CC)OCC5CO5)c(C)c4)cc3C)cc2)cc1)c1c(C)cc(-c2cc(C)c(OCC3CO3)c(C)c2)cc1C. The highest BCUT2D eigenvalue weighted by atomic mass is 16.6. The van der Waals surface area contributed by atoms with Gasteiger partial charge < -0.3 is 48.1 Å². The van der Waals surface area contributed by atoms with Crippen LogP contribution >= 0.6 is 0 Å². The van der Waals surface area contributed by atoms with Gasteiger partial charge in [-0.15, -0.1) is 0 Å². The third kappa shape index (κ3) is 14.0. The van der Waals surface area contributed by atoms with Gasteiger partial charge in [0.25, 0.3) is 0 Å². The van der Waals surface area contributed by atoms with E-state index in [1.807, 2.05) is 30.3 Å². The lowest BCUT2D eigenvalue weighted by Gasteiger charge is -2.35. The van der Waals surface area contributed by atoms with Crippen molar-refractivity contribution in [3.05, 3.63) is 200 Å². The second-order valence-corrected chi connectivity index (χ2v) is 23.8. The van der Waals surface area contributed by atoms with Crippen molar-refractivity contribution >= 4 is 0 Å². The van der Waals surface area contributed by atoms with Gasteiger partial charge in [0.15, 0.2) is 0 Å². The molecule has 2 aliphatic heterocycles. The van der Waals surface area contributed by atoms with Gasteiger partial charge in [-0.2, -0.15) is 0 Å². The number of hydrogen-bond acceptors (Lipinski definition) is 10. The normalized spacial score (nSPS) is 17.0. The summed E-state index contributed by atoms with van der Waals surface area (Å²) in [6, 6.07) is 44.4. The molecule has 6 atom stereocenters. The van der Waals surface area contributed by atoms with Crippen molar-refractivity contribution in [2.45, 2.75) is 150 Å². The third-order valence-electron chi connectivity index (χ3n) is 17.3. The van der Waals surface area contributed by atoms with Crippen molar-refractivity contribution in [3.8, 4) is 45.3 Å². The predicted octanol–water partition coefficient (Wildman–Crippen LogP) is 15.0. The number of hydrogen-bond donors (Lipinski definition) is 2. The summed E-state index contributed by atoms with van der Waals surface area (Å²) in [5.41, 5.74) is 17.7. The van der Waals surface area contributed by atoms with Gasteiger partial charge in [-0.05, 0) is 232 Å². The first-order valence-corrected chi connectivity index (χ1v) is 29.9. The first-order valence-electron chi connectivity index (χ1n) is 29.9. The van der Waals surface area contributed by atoms with E-state index in [-0.39, 0.29) is 44.2 Å². The minimum absolute atomic E-state index is 0.0717. The van der Waals surface area contributed by atoms with Crippen molar-refractivity contribution in [1.82, 2.24) is 0 Å². The fourth-order valence-corrected chi connectivity index (χ4v) is 12.5. The fraction of sp³-hybridized carbons (Fsp3) is 0.425. The molecule has 440 valence electrons. The highest BCUT2D eigenvalue weighted by Crippen LogP contribution is 2.43. The molecule has 2 aliphatic rings.